The molecule has 0 aliphatic heterocycles. The number of ketones is 1. The van der Waals surface area contributed by atoms with Crippen molar-refractivity contribution in [3.05, 3.63) is 65.5 Å². The molecule has 0 heterocycles. The van der Waals surface area contributed by atoms with Gasteiger partial charge < -0.3 is 10.5 Å². The van der Waals surface area contributed by atoms with Crippen molar-refractivity contribution in [2.24, 2.45) is 0 Å². The van der Waals surface area contributed by atoms with Crippen LogP contribution in [0.3, 0.4) is 0 Å². The lowest BCUT2D eigenvalue weighted by molar-refractivity contribution is 0.104. The van der Waals surface area contributed by atoms with E-state index in [0.29, 0.717) is 29.2 Å². The summed E-state index contributed by atoms with van der Waals surface area (Å²) in [7, 11) is 0. The lowest BCUT2D eigenvalue weighted by atomic mass is 10.1. The first-order valence-corrected chi connectivity index (χ1v) is 6.61. The zero-order valence-corrected chi connectivity index (χ0v) is 11.7. The van der Waals surface area contributed by atoms with Gasteiger partial charge in [0.1, 0.15) is 11.6 Å². The maximum Gasteiger partial charge on any atom is 0.187 e. The minimum Gasteiger partial charge on any atom is -0.493 e. The van der Waals surface area contributed by atoms with Crippen LogP contribution < -0.4 is 10.5 Å². The zero-order chi connectivity index (χ0) is 15.2. The van der Waals surface area contributed by atoms with Gasteiger partial charge in [-0.05, 0) is 43.3 Å². The van der Waals surface area contributed by atoms with Crippen LogP contribution in [0.1, 0.15) is 22.8 Å². The highest BCUT2D eigenvalue weighted by Crippen LogP contribution is 2.22. The second-order valence-electron chi connectivity index (χ2n) is 4.40. The SMILES string of the molecule is CCOc1cc(F)ccc1C=CC(=O)c1ccccc1N. The third kappa shape index (κ3) is 3.69. The van der Waals surface area contributed by atoms with Gasteiger partial charge in [0, 0.05) is 22.9 Å². The Morgan fingerprint density at radius 1 is 1.29 bits per heavy atom. The summed E-state index contributed by atoms with van der Waals surface area (Å²) in [6.45, 7) is 2.23. The molecule has 108 valence electrons. The highest BCUT2D eigenvalue weighted by Gasteiger charge is 2.07. The van der Waals surface area contributed by atoms with E-state index in [9.17, 15) is 9.18 Å². The van der Waals surface area contributed by atoms with Crippen molar-refractivity contribution in [2.75, 3.05) is 12.3 Å². The molecule has 0 aliphatic carbocycles. The summed E-state index contributed by atoms with van der Waals surface area (Å²) in [4.78, 5) is 12.1. The van der Waals surface area contributed by atoms with Crippen LogP contribution in [0, 0.1) is 5.82 Å². The standard InChI is InChI=1S/C17H16FNO2/c1-2-21-17-11-13(18)9-7-12(17)8-10-16(20)14-5-3-4-6-15(14)19/h3-11H,2,19H2,1H3. The summed E-state index contributed by atoms with van der Waals surface area (Å²) < 4.78 is 18.6. The van der Waals surface area contributed by atoms with Crippen molar-refractivity contribution in [1.82, 2.24) is 0 Å². The molecule has 0 saturated heterocycles. The quantitative estimate of drug-likeness (QED) is 0.517. The van der Waals surface area contributed by atoms with Crippen molar-refractivity contribution >= 4 is 17.5 Å². The molecule has 0 radical (unpaired) electrons. The van der Waals surface area contributed by atoms with Gasteiger partial charge in [-0.15, -0.1) is 0 Å². The molecule has 21 heavy (non-hydrogen) atoms. The maximum atomic E-state index is 13.2. The van der Waals surface area contributed by atoms with Crippen molar-refractivity contribution in [1.29, 1.82) is 0 Å². The molecule has 0 aromatic heterocycles. The Morgan fingerprint density at radius 3 is 2.76 bits per heavy atom. The molecule has 0 amide bonds. The summed E-state index contributed by atoms with van der Waals surface area (Å²) in [6.07, 6.45) is 3.00. The molecule has 2 aromatic rings. The van der Waals surface area contributed by atoms with Crippen LogP contribution in [0.15, 0.2) is 48.5 Å². The molecule has 0 spiro atoms. The van der Waals surface area contributed by atoms with Crippen LogP contribution in [0.5, 0.6) is 5.75 Å². The number of hydrogen-bond acceptors (Lipinski definition) is 3. The van der Waals surface area contributed by atoms with E-state index in [0.717, 1.165) is 0 Å². The van der Waals surface area contributed by atoms with E-state index in [-0.39, 0.29) is 11.6 Å². The van der Waals surface area contributed by atoms with Gasteiger partial charge in [-0.2, -0.15) is 0 Å². The fraction of sp³-hybridized carbons (Fsp3) is 0.118. The molecular formula is C17H16FNO2. The number of benzene rings is 2. The number of hydrogen-bond donors (Lipinski definition) is 1. The molecule has 0 saturated carbocycles. The molecule has 0 fully saturated rings. The summed E-state index contributed by atoms with van der Waals surface area (Å²) in [5.74, 6) is -0.184. The van der Waals surface area contributed by atoms with E-state index >= 15 is 0 Å². The van der Waals surface area contributed by atoms with Crippen LogP contribution in [-0.4, -0.2) is 12.4 Å². The first-order valence-electron chi connectivity index (χ1n) is 6.61. The van der Waals surface area contributed by atoms with Gasteiger partial charge in [0.2, 0.25) is 0 Å². The number of halogens is 1. The van der Waals surface area contributed by atoms with E-state index in [2.05, 4.69) is 0 Å². The number of rotatable bonds is 5. The van der Waals surface area contributed by atoms with Crippen molar-refractivity contribution in [3.8, 4) is 5.75 Å². The molecule has 0 unspecified atom stereocenters. The molecule has 4 heteroatoms. The molecule has 2 N–H and O–H groups in total. The number of anilines is 1. The van der Waals surface area contributed by atoms with E-state index in [1.54, 1.807) is 36.4 Å². The maximum absolute atomic E-state index is 13.2. The number of para-hydroxylation sites is 1. The van der Waals surface area contributed by atoms with Gasteiger partial charge in [0.25, 0.3) is 0 Å². The lowest BCUT2D eigenvalue weighted by Gasteiger charge is -2.07. The topological polar surface area (TPSA) is 52.3 Å². The zero-order valence-electron chi connectivity index (χ0n) is 11.7. The second-order valence-corrected chi connectivity index (χ2v) is 4.40. The molecule has 2 rings (SSSR count). The van der Waals surface area contributed by atoms with Crippen molar-refractivity contribution < 1.29 is 13.9 Å². The Hall–Kier alpha value is -2.62. The molecule has 0 bridgehead atoms. The monoisotopic (exact) mass is 285 g/mol. The van der Waals surface area contributed by atoms with Crippen molar-refractivity contribution in [2.45, 2.75) is 6.92 Å². The first-order chi connectivity index (χ1) is 10.1. The van der Waals surface area contributed by atoms with Crippen LogP contribution >= 0.6 is 0 Å². The van der Waals surface area contributed by atoms with E-state index in [1.165, 1.54) is 18.2 Å². The largest absolute Gasteiger partial charge is 0.493 e. The Morgan fingerprint density at radius 2 is 2.05 bits per heavy atom. The Bertz CT molecular complexity index is 680. The van der Waals surface area contributed by atoms with Gasteiger partial charge >= 0.3 is 0 Å². The second kappa shape index (κ2) is 6.70. The Balaban J connectivity index is 2.25. The molecular weight excluding hydrogens is 269 g/mol. The number of allylic oxidation sites excluding steroid dienone is 1. The molecule has 2 aromatic carbocycles. The summed E-state index contributed by atoms with van der Waals surface area (Å²) >= 11 is 0. The minimum atomic E-state index is -0.380. The third-order valence-electron chi connectivity index (χ3n) is 2.92. The number of ether oxygens (including phenoxy) is 1. The number of nitrogen functional groups attached to an aromatic ring is 1. The summed E-state index contributed by atoms with van der Waals surface area (Å²) in [6, 6.07) is 11.0. The summed E-state index contributed by atoms with van der Waals surface area (Å²) in [5, 5.41) is 0. The predicted molar refractivity (Wildman–Crippen MR) is 81.8 cm³/mol. The number of carbonyl (C=O) groups excluding carboxylic acids is 1. The fourth-order valence-electron chi connectivity index (χ4n) is 1.90. The van der Waals surface area contributed by atoms with Gasteiger partial charge in [-0.3, -0.25) is 4.79 Å². The normalized spacial score (nSPS) is 10.8. The molecule has 0 aliphatic rings. The highest BCUT2D eigenvalue weighted by atomic mass is 19.1. The van der Waals surface area contributed by atoms with Crippen molar-refractivity contribution in [3.63, 3.8) is 0 Å². The van der Waals surface area contributed by atoms with E-state index in [4.69, 9.17) is 10.5 Å². The Kier molecular flexibility index (Phi) is 4.72. The third-order valence-corrected chi connectivity index (χ3v) is 2.92. The number of nitrogens with two attached hydrogens (primary N) is 1. The van der Waals surface area contributed by atoms with E-state index < -0.39 is 0 Å². The fourth-order valence-corrected chi connectivity index (χ4v) is 1.90. The highest BCUT2D eigenvalue weighted by molar-refractivity contribution is 6.10. The van der Waals surface area contributed by atoms with Gasteiger partial charge in [0.15, 0.2) is 5.78 Å². The molecule has 0 atom stereocenters. The number of carbonyl (C=O) groups is 1. The smallest absolute Gasteiger partial charge is 0.187 e. The first kappa shape index (κ1) is 14.8. The van der Waals surface area contributed by atoms with Crippen LogP contribution in [0.4, 0.5) is 10.1 Å². The van der Waals surface area contributed by atoms with Crippen LogP contribution in [0.2, 0.25) is 0 Å². The lowest BCUT2D eigenvalue weighted by Crippen LogP contribution is -2.00. The van der Waals surface area contributed by atoms with Gasteiger partial charge in [-0.25, -0.2) is 4.39 Å². The average Bonchev–Trinajstić information content (AvgIpc) is 2.47. The van der Waals surface area contributed by atoms with Gasteiger partial charge in [-0.1, -0.05) is 12.1 Å². The van der Waals surface area contributed by atoms with Crippen LogP contribution in [-0.2, 0) is 0 Å². The Labute approximate surface area is 122 Å². The average molecular weight is 285 g/mol. The van der Waals surface area contributed by atoms with Gasteiger partial charge in [0.05, 0.1) is 6.61 Å². The molecule has 3 nitrogen and oxygen atoms in total. The van der Waals surface area contributed by atoms with E-state index in [1.807, 2.05) is 6.92 Å². The summed E-state index contributed by atoms with van der Waals surface area (Å²) in [5.41, 5.74) is 7.26. The minimum absolute atomic E-state index is 0.208. The van der Waals surface area contributed by atoms with Crippen LogP contribution in [0.25, 0.3) is 6.08 Å². The predicted octanol–water partition coefficient (Wildman–Crippen LogP) is 3.70.